The first-order chi connectivity index (χ1) is 20.7. The number of aliphatic carboxylic acids is 3. The molecule has 0 aliphatic rings. The molecule has 0 saturated carbocycles. The Morgan fingerprint density at radius 2 is 0.535 bits per heavy atom. The Morgan fingerprint density at radius 1 is 0.349 bits per heavy atom. The molecular formula is C36H74O6Sn. The van der Waals surface area contributed by atoms with Crippen LogP contribution in [0.2, 0.25) is 4.44 Å². The Hall–Kier alpha value is -0.791. The molecule has 6 nitrogen and oxygen atoms in total. The molecule has 43 heavy (non-hydrogen) atoms. The number of rotatable bonds is 28. The molecule has 0 aliphatic carbocycles. The second-order valence-corrected chi connectivity index (χ2v) is 13.3. The summed E-state index contributed by atoms with van der Waals surface area (Å²) in [4.78, 5) is 30.4. The van der Waals surface area contributed by atoms with Crippen LogP contribution >= 0.6 is 0 Å². The molecule has 0 saturated heterocycles. The molecule has 0 aromatic heterocycles. The van der Waals surface area contributed by atoms with Gasteiger partial charge in [-0.1, -0.05) is 136 Å². The van der Waals surface area contributed by atoms with E-state index >= 15 is 0 Å². The number of unbranched alkanes of at least 4 members (excludes halogenated alkanes) is 21. The fourth-order valence-electron chi connectivity index (χ4n) is 4.27. The van der Waals surface area contributed by atoms with E-state index in [1.165, 1.54) is 149 Å². The van der Waals surface area contributed by atoms with Crippen molar-refractivity contribution in [2.75, 3.05) is 0 Å². The van der Waals surface area contributed by atoms with Gasteiger partial charge < -0.3 is 15.3 Å². The van der Waals surface area contributed by atoms with Gasteiger partial charge in [0.2, 0.25) is 0 Å². The van der Waals surface area contributed by atoms with Crippen molar-refractivity contribution < 1.29 is 29.7 Å². The van der Waals surface area contributed by atoms with Crippen LogP contribution in [0.1, 0.15) is 207 Å². The van der Waals surface area contributed by atoms with Crippen molar-refractivity contribution in [3.8, 4) is 0 Å². The Labute approximate surface area is 281 Å². The molecule has 0 rings (SSSR count). The summed E-state index contributed by atoms with van der Waals surface area (Å²) in [5.41, 5.74) is 0. The predicted octanol–water partition coefficient (Wildman–Crippen LogP) is 11.5. The standard InChI is InChI=1S/3C10H20O2.C6H13.Sn.H/c3*1-2-3-4-5-6-7-8-9-10(11)12;1-3-5-6-4-2;;/h3*2-9H2,1H3,(H,11,12);1,3-6H2,2H3;;. The molecule has 0 aromatic carbocycles. The second-order valence-electron chi connectivity index (χ2n) is 11.6. The van der Waals surface area contributed by atoms with Crippen molar-refractivity contribution in [3.63, 3.8) is 0 Å². The van der Waals surface area contributed by atoms with Crippen LogP contribution in [0.15, 0.2) is 0 Å². The van der Waals surface area contributed by atoms with E-state index in [0.717, 1.165) is 38.5 Å². The fourth-order valence-corrected chi connectivity index (χ4v) is 5.10. The first kappa shape index (κ1) is 49.1. The zero-order valence-electron chi connectivity index (χ0n) is 29.1. The second kappa shape index (κ2) is 48.1. The van der Waals surface area contributed by atoms with Crippen LogP contribution in [-0.4, -0.2) is 55.8 Å². The third-order valence-corrected chi connectivity index (χ3v) is 8.21. The molecule has 0 bridgehead atoms. The number of hydrogen-bond acceptors (Lipinski definition) is 3. The molecule has 2 radical (unpaired) electrons. The van der Waals surface area contributed by atoms with Crippen LogP contribution in [0.3, 0.4) is 0 Å². The Kier molecular flexibility index (Phi) is 54.9. The zero-order valence-corrected chi connectivity index (χ0v) is 32.4. The average molecular weight is 722 g/mol. The predicted molar refractivity (Wildman–Crippen MR) is 187 cm³/mol. The average Bonchev–Trinajstić information content (AvgIpc) is 2.97. The van der Waals surface area contributed by atoms with Gasteiger partial charge in [0.1, 0.15) is 0 Å². The van der Waals surface area contributed by atoms with Gasteiger partial charge in [-0.2, -0.15) is 0 Å². The molecule has 0 aromatic rings. The number of hydrogen-bond donors (Lipinski definition) is 3. The van der Waals surface area contributed by atoms with Crippen LogP contribution in [0.25, 0.3) is 0 Å². The Bertz CT molecular complexity index is 471. The van der Waals surface area contributed by atoms with E-state index in [2.05, 4.69) is 27.7 Å². The van der Waals surface area contributed by atoms with Gasteiger partial charge in [-0.3, -0.25) is 14.4 Å². The van der Waals surface area contributed by atoms with Gasteiger partial charge in [0, 0.05) is 19.3 Å². The van der Waals surface area contributed by atoms with Crippen LogP contribution < -0.4 is 0 Å². The third kappa shape index (κ3) is 69.4. The van der Waals surface area contributed by atoms with Gasteiger partial charge in [-0.05, 0) is 19.3 Å². The first-order valence-corrected chi connectivity index (χ1v) is 20.4. The molecule has 0 heterocycles. The van der Waals surface area contributed by atoms with E-state index in [-0.39, 0.29) is 0 Å². The van der Waals surface area contributed by atoms with Gasteiger partial charge in [0.25, 0.3) is 0 Å². The number of carboxylic acids is 3. The van der Waals surface area contributed by atoms with Crippen molar-refractivity contribution in [1.29, 1.82) is 0 Å². The zero-order chi connectivity index (χ0) is 33.2. The van der Waals surface area contributed by atoms with Gasteiger partial charge >= 0.3 is 77.5 Å². The maximum atomic E-state index is 10.1. The number of carbonyl (C=O) groups is 3. The SMILES string of the molecule is CCCCCCCCCC(=O)O.CCCCCCCCCC(=O)O.CCCCCCCCCC(=O)O.CCCCC[CH2][SnH]. The summed E-state index contributed by atoms with van der Waals surface area (Å²) >= 11 is 1.46. The van der Waals surface area contributed by atoms with Gasteiger partial charge in [0.15, 0.2) is 0 Å². The summed E-state index contributed by atoms with van der Waals surface area (Å²) in [5.74, 6) is -1.99. The molecular weight excluding hydrogens is 647 g/mol. The van der Waals surface area contributed by atoms with E-state index in [1.54, 1.807) is 0 Å². The van der Waals surface area contributed by atoms with Gasteiger partial charge in [-0.25, -0.2) is 0 Å². The molecule has 0 atom stereocenters. The van der Waals surface area contributed by atoms with E-state index in [4.69, 9.17) is 15.3 Å². The Morgan fingerprint density at radius 3 is 0.721 bits per heavy atom. The van der Waals surface area contributed by atoms with Gasteiger partial charge in [0.05, 0.1) is 0 Å². The van der Waals surface area contributed by atoms with Crippen molar-refractivity contribution >= 4 is 40.4 Å². The summed E-state index contributed by atoms with van der Waals surface area (Å²) in [6.07, 6.45) is 31.7. The topological polar surface area (TPSA) is 112 Å². The summed E-state index contributed by atoms with van der Waals surface area (Å²) in [7, 11) is 0. The Balaban J connectivity index is -0.000000240. The molecule has 7 heteroatoms. The third-order valence-electron chi connectivity index (χ3n) is 7.04. The van der Waals surface area contributed by atoms with Crippen LogP contribution in [0.4, 0.5) is 0 Å². The van der Waals surface area contributed by atoms with Crippen molar-refractivity contribution in [2.45, 2.75) is 212 Å². The van der Waals surface area contributed by atoms with E-state index < -0.39 is 17.9 Å². The van der Waals surface area contributed by atoms with Crippen molar-refractivity contribution in [1.82, 2.24) is 0 Å². The summed E-state index contributed by atoms with van der Waals surface area (Å²) in [5, 5.41) is 25.1. The van der Waals surface area contributed by atoms with Crippen LogP contribution in [-0.2, 0) is 14.4 Å². The minimum atomic E-state index is -0.663. The summed E-state index contributed by atoms with van der Waals surface area (Å²) in [6.45, 7) is 8.85. The van der Waals surface area contributed by atoms with Gasteiger partial charge in [-0.15, -0.1) is 0 Å². The molecule has 0 unspecified atom stereocenters. The van der Waals surface area contributed by atoms with Crippen molar-refractivity contribution in [2.24, 2.45) is 0 Å². The first-order valence-electron chi connectivity index (χ1n) is 18.1. The molecule has 3 N–H and O–H groups in total. The summed E-state index contributed by atoms with van der Waals surface area (Å²) < 4.78 is 1.49. The summed E-state index contributed by atoms with van der Waals surface area (Å²) in [6, 6.07) is 0. The molecule has 0 aliphatic heterocycles. The maximum absolute atomic E-state index is 10.1. The molecule has 0 amide bonds. The van der Waals surface area contributed by atoms with E-state index in [0.29, 0.717) is 19.3 Å². The van der Waals surface area contributed by atoms with Crippen LogP contribution in [0.5, 0.6) is 0 Å². The number of carboxylic acid groups (broad SMARTS) is 3. The monoisotopic (exact) mass is 722 g/mol. The molecule has 0 spiro atoms. The quantitative estimate of drug-likeness (QED) is 0.0548. The molecule has 258 valence electrons. The molecule has 0 fully saturated rings. The normalized spacial score (nSPS) is 9.98. The minimum absolute atomic E-state index is 0.341. The van der Waals surface area contributed by atoms with Crippen molar-refractivity contribution in [3.05, 3.63) is 0 Å². The van der Waals surface area contributed by atoms with E-state index in [1.807, 2.05) is 0 Å². The van der Waals surface area contributed by atoms with E-state index in [9.17, 15) is 14.4 Å². The van der Waals surface area contributed by atoms with Crippen LogP contribution in [0, 0.1) is 0 Å². The fraction of sp³-hybridized carbons (Fsp3) is 0.917.